The van der Waals surface area contributed by atoms with Gasteiger partial charge in [0.2, 0.25) is 0 Å². The second-order valence-corrected chi connectivity index (χ2v) is 4.52. The molecule has 0 saturated carbocycles. The van der Waals surface area contributed by atoms with E-state index in [1.807, 2.05) is 11.4 Å². The van der Waals surface area contributed by atoms with Gasteiger partial charge in [-0.25, -0.2) is 0 Å². The van der Waals surface area contributed by atoms with Crippen LogP contribution in [0.2, 0.25) is 0 Å². The molecule has 0 unspecified atom stereocenters. The van der Waals surface area contributed by atoms with E-state index in [1.54, 1.807) is 6.07 Å². The van der Waals surface area contributed by atoms with Crippen LogP contribution in [-0.2, 0) is 0 Å². The second-order valence-electron chi connectivity index (χ2n) is 3.17. The fourth-order valence-electron chi connectivity index (χ4n) is 1.01. The Labute approximate surface area is 104 Å². The van der Waals surface area contributed by atoms with Crippen LogP contribution >= 0.6 is 23.6 Å². The number of hydrazine groups is 1. The number of amides is 1. The van der Waals surface area contributed by atoms with Crippen LogP contribution in [0.3, 0.4) is 0 Å². The normalized spacial score (nSPS) is 9.56. The third-order valence-corrected chi connectivity index (χ3v) is 2.97. The summed E-state index contributed by atoms with van der Waals surface area (Å²) in [5.74, 6) is -0.172. The van der Waals surface area contributed by atoms with Crippen molar-refractivity contribution < 1.29 is 4.79 Å². The highest BCUT2D eigenvalue weighted by atomic mass is 32.1. The zero-order valence-electron chi connectivity index (χ0n) is 9.08. The van der Waals surface area contributed by atoms with Crippen LogP contribution in [0.4, 0.5) is 0 Å². The van der Waals surface area contributed by atoms with Gasteiger partial charge in [-0.3, -0.25) is 15.6 Å². The molecule has 0 aliphatic carbocycles. The van der Waals surface area contributed by atoms with E-state index in [9.17, 15) is 4.79 Å². The maximum Gasteiger partial charge on any atom is 0.279 e. The van der Waals surface area contributed by atoms with Crippen LogP contribution in [0.1, 0.15) is 29.4 Å². The van der Waals surface area contributed by atoms with Crippen LogP contribution < -0.4 is 16.2 Å². The number of hydrogen-bond acceptors (Lipinski definition) is 3. The summed E-state index contributed by atoms with van der Waals surface area (Å²) in [6, 6.07) is 3.59. The van der Waals surface area contributed by atoms with E-state index in [2.05, 4.69) is 23.1 Å². The van der Waals surface area contributed by atoms with E-state index < -0.39 is 0 Å². The number of carbonyl (C=O) groups is 1. The molecule has 88 valence electrons. The smallest absolute Gasteiger partial charge is 0.279 e. The van der Waals surface area contributed by atoms with E-state index in [4.69, 9.17) is 12.2 Å². The third kappa shape index (κ3) is 4.59. The van der Waals surface area contributed by atoms with E-state index in [1.165, 1.54) is 11.3 Å². The number of nitrogens with one attached hydrogen (secondary N) is 3. The van der Waals surface area contributed by atoms with Gasteiger partial charge >= 0.3 is 0 Å². The fourth-order valence-corrected chi connectivity index (χ4v) is 1.78. The van der Waals surface area contributed by atoms with Crippen LogP contribution in [0, 0.1) is 0 Å². The summed E-state index contributed by atoms with van der Waals surface area (Å²) in [4.78, 5) is 12.1. The Bertz CT molecular complexity index is 338. The number of thiophene rings is 1. The van der Waals surface area contributed by atoms with Gasteiger partial charge in [-0.1, -0.05) is 19.4 Å². The first-order valence-corrected chi connectivity index (χ1v) is 6.40. The molecule has 1 aromatic rings. The summed E-state index contributed by atoms with van der Waals surface area (Å²) in [5.41, 5.74) is 5.19. The minimum absolute atomic E-state index is 0.172. The maximum absolute atomic E-state index is 11.5. The molecular formula is C10H15N3OS2. The minimum Gasteiger partial charge on any atom is -0.361 e. The van der Waals surface area contributed by atoms with Crippen molar-refractivity contribution >= 4 is 34.6 Å². The van der Waals surface area contributed by atoms with Crippen LogP contribution in [0.25, 0.3) is 0 Å². The van der Waals surface area contributed by atoms with Crippen LogP contribution in [0.5, 0.6) is 0 Å². The monoisotopic (exact) mass is 257 g/mol. The number of unbranched alkanes of at least 4 members (excludes halogenated alkanes) is 1. The quantitative estimate of drug-likeness (QED) is 0.436. The second kappa shape index (κ2) is 7.19. The Morgan fingerprint density at radius 2 is 2.31 bits per heavy atom. The van der Waals surface area contributed by atoms with Crippen LogP contribution in [-0.4, -0.2) is 17.6 Å². The molecule has 0 saturated heterocycles. The van der Waals surface area contributed by atoms with Crippen molar-refractivity contribution in [2.24, 2.45) is 0 Å². The SMILES string of the molecule is CCCCNC(=S)NNC(=O)c1cccs1. The molecule has 1 aromatic heterocycles. The molecule has 1 amide bonds. The molecule has 0 aromatic carbocycles. The summed E-state index contributed by atoms with van der Waals surface area (Å²) in [7, 11) is 0. The number of thiocarbonyl (C=S) groups is 1. The summed E-state index contributed by atoms with van der Waals surface area (Å²) in [5, 5.41) is 5.29. The van der Waals surface area contributed by atoms with Gasteiger partial charge in [-0.15, -0.1) is 11.3 Å². The minimum atomic E-state index is -0.172. The van der Waals surface area contributed by atoms with Crippen molar-refractivity contribution in [2.75, 3.05) is 6.54 Å². The lowest BCUT2D eigenvalue weighted by Gasteiger charge is -2.10. The highest BCUT2D eigenvalue weighted by molar-refractivity contribution is 7.80. The van der Waals surface area contributed by atoms with Crippen molar-refractivity contribution in [1.82, 2.24) is 16.2 Å². The fraction of sp³-hybridized carbons (Fsp3) is 0.400. The van der Waals surface area contributed by atoms with Gasteiger partial charge in [0.25, 0.3) is 5.91 Å². The summed E-state index contributed by atoms with van der Waals surface area (Å²) >= 11 is 6.37. The van der Waals surface area contributed by atoms with E-state index in [-0.39, 0.29) is 5.91 Å². The first kappa shape index (κ1) is 12.9. The lowest BCUT2D eigenvalue weighted by molar-refractivity contribution is 0.0948. The highest BCUT2D eigenvalue weighted by Gasteiger charge is 2.05. The average molecular weight is 257 g/mol. The molecule has 1 rings (SSSR count). The predicted octanol–water partition coefficient (Wildman–Crippen LogP) is 1.66. The molecule has 3 N–H and O–H groups in total. The standard InChI is InChI=1S/C10H15N3OS2/c1-2-3-6-11-10(15)13-12-9(14)8-5-4-7-16-8/h4-5,7H,2-3,6H2,1H3,(H,12,14)(H2,11,13,15). The Hall–Kier alpha value is -1.14. The van der Waals surface area contributed by atoms with E-state index in [0.29, 0.717) is 9.99 Å². The Morgan fingerprint density at radius 3 is 2.94 bits per heavy atom. The Balaban J connectivity index is 2.19. The van der Waals surface area contributed by atoms with Crippen molar-refractivity contribution in [3.63, 3.8) is 0 Å². The summed E-state index contributed by atoms with van der Waals surface area (Å²) in [6.07, 6.45) is 2.16. The predicted molar refractivity (Wildman–Crippen MR) is 70.4 cm³/mol. The third-order valence-electron chi connectivity index (χ3n) is 1.85. The van der Waals surface area contributed by atoms with Gasteiger partial charge in [0, 0.05) is 6.54 Å². The summed E-state index contributed by atoms with van der Waals surface area (Å²) in [6.45, 7) is 2.92. The topological polar surface area (TPSA) is 53.2 Å². The zero-order chi connectivity index (χ0) is 11.8. The maximum atomic E-state index is 11.5. The molecule has 0 aliphatic heterocycles. The number of carbonyl (C=O) groups excluding carboxylic acids is 1. The highest BCUT2D eigenvalue weighted by Crippen LogP contribution is 2.06. The van der Waals surface area contributed by atoms with Gasteiger partial charge in [0.05, 0.1) is 4.88 Å². The molecule has 0 spiro atoms. The van der Waals surface area contributed by atoms with E-state index in [0.717, 1.165) is 19.4 Å². The van der Waals surface area contributed by atoms with Gasteiger partial charge < -0.3 is 5.32 Å². The van der Waals surface area contributed by atoms with Gasteiger partial charge in [-0.05, 0) is 30.1 Å². The first-order chi connectivity index (χ1) is 7.74. The van der Waals surface area contributed by atoms with Crippen LogP contribution in [0.15, 0.2) is 17.5 Å². The van der Waals surface area contributed by atoms with Crippen molar-refractivity contribution in [3.8, 4) is 0 Å². The Kier molecular flexibility index (Phi) is 5.81. The molecule has 0 aliphatic rings. The van der Waals surface area contributed by atoms with Crippen molar-refractivity contribution in [3.05, 3.63) is 22.4 Å². The van der Waals surface area contributed by atoms with Crippen molar-refractivity contribution in [1.29, 1.82) is 0 Å². The molecule has 0 fully saturated rings. The van der Waals surface area contributed by atoms with Gasteiger partial charge in [0.15, 0.2) is 5.11 Å². The van der Waals surface area contributed by atoms with Crippen molar-refractivity contribution in [2.45, 2.75) is 19.8 Å². The molecule has 4 nitrogen and oxygen atoms in total. The van der Waals surface area contributed by atoms with E-state index >= 15 is 0 Å². The molecule has 0 atom stereocenters. The number of rotatable bonds is 4. The summed E-state index contributed by atoms with van der Waals surface area (Å²) < 4.78 is 0. The average Bonchev–Trinajstić information content (AvgIpc) is 2.79. The molecule has 0 bridgehead atoms. The molecule has 1 heterocycles. The zero-order valence-corrected chi connectivity index (χ0v) is 10.7. The lowest BCUT2D eigenvalue weighted by Crippen LogP contribution is -2.46. The first-order valence-electron chi connectivity index (χ1n) is 5.11. The van der Waals surface area contributed by atoms with Gasteiger partial charge in [-0.2, -0.15) is 0 Å². The largest absolute Gasteiger partial charge is 0.361 e. The molecule has 16 heavy (non-hydrogen) atoms. The molecule has 0 radical (unpaired) electrons. The molecular weight excluding hydrogens is 242 g/mol. The number of hydrogen-bond donors (Lipinski definition) is 3. The lowest BCUT2D eigenvalue weighted by atomic mass is 10.3. The Morgan fingerprint density at radius 1 is 1.50 bits per heavy atom. The van der Waals surface area contributed by atoms with Gasteiger partial charge in [0.1, 0.15) is 0 Å². The molecule has 6 heteroatoms.